The van der Waals surface area contributed by atoms with Crippen molar-refractivity contribution in [2.45, 2.75) is 0 Å². The van der Waals surface area contributed by atoms with Gasteiger partial charge in [0.2, 0.25) is 0 Å². The van der Waals surface area contributed by atoms with Crippen LogP contribution in [0.4, 0.5) is 0 Å². The number of rotatable bonds is 1. The van der Waals surface area contributed by atoms with Crippen molar-refractivity contribution < 1.29 is 0 Å². The highest BCUT2D eigenvalue weighted by Crippen LogP contribution is 2.18. The van der Waals surface area contributed by atoms with Gasteiger partial charge in [0.05, 0.1) is 10.6 Å². The van der Waals surface area contributed by atoms with Crippen LogP contribution in [-0.2, 0) is 0 Å². The van der Waals surface area contributed by atoms with Gasteiger partial charge in [-0.05, 0) is 12.1 Å². The molecule has 11 heavy (non-hydrogen) atoms. The third kappa shape index (κ3) is 1.28. The number of thiazole rings is 1. The van der Waals surface area contributed by atoms with Crippen LogP contribution in [0.3, 0.4) is 0 Å². The Morgan fingerprint density at radius 1 is 1.36 bits per heavy atom. The van der Waals surface area contributed by atoms with Gasteiger partial charge in [0.15, 0.2) is 5.51 Å². The predicted octanol–water partition coefficient (Wildman–Crippen LogP) is 2.01. The van der Waals surface area contributed by atoms with E-state index >= 15 is 0 Å². The van der Waals surface area contributed by atoms with Crippen LogP contribution in [0.2, 0.25) is 0 Å². The van der Waals surface area contributed by atoms with Crippen LogP contribution in [0.1, 0.15) is 0 Å². The molecule has 0 N–H and O–H groups in total. The third-order valence-electron chi connectivity index (χ3n) is 1.31. The lowest BCUT2D eigenvalue weighted by molar-refractivity contribution is 1.33. The summed E-state index contributed by atoms with van der Waals surface area (Å²) in [5.41, 5.74) is 3.74. The SMILES string of the molecule is [c]1ncc(-c2ccccn2)s1. The summed E-state index contributed by atoms with van der Waals surface area (Å²) >= 11 is 1.48. The number of aromatic nitrogens is 2. The van der Waals surface area contributed by atoms with E-state index in [2.05, 4.69) is 15.5 Å². The molecule has 2 heterocycles. The van der Waals surface area contributed by atoms with E-state index in [1.165, 1.54) is 11.3 Å². The van der Waals surface area contributed by atoms with Crippen molar-refractivity contribution >= 4 is 11.3 Å². The lowest BCUT2D eigenvalue weighted by atomic mass is 10.3. The minimum Gasteiger partial charge on any atom is -0.255 e. The molecule has 0 bridgehead atoms. The first-order chi connectivity index (χ1) is 5.47. The zero-order valence-corrected chi connectivity index (χ0v) is 6.51. The number of hydrogen-bond donors (Lipinski definition) is 0. The van der Waals surface area contributed by atoms with Crippen LogP contribution in [0.25, 0.3) is 10.6 Å². The smallest absolute Gasteiger partial charge is 0.152 e. The van der Waals surface area contributed by atoms with E-state index in [1.54, 1.807) is 12.4 Å². The number of pyridine rings is 1. The summed E-state index contributed by atoms with van der Waals surface area (Å²) in [7, 11) is 0. The summed E-state index contributed by atoms with van der Waals surface area (Å²) in [6.45, 7) is 0. The van der Waals surface area contributed by atoms with Crippen LogP contribution in [0.5, 0.6) is 0 Å². The summed E-state index contributed by atoms with van der Waals surface area (Å²) in [5.74, 6) is 0. The molecular weight excluding hydrogens is 156 g/mol. The second-order valence-corrected chi connectivity index (χ2v) is 2.86. The number of nitrogens with zero attached hydrogens (tertiary/aromatic N) is 2. The van der Waals surface area contributed by atoms with Crippen molar-refractivity contribution in [2.24, 2.45) is 0 Å². The Kier molecular flexibility index (Phi) is 1.65. The molecule has 0 saturated heterocycles. The Balaban J connectivity index is 2.46. The van der Waals surface area contributed by atoms with Gasteiger partial charge in [-0.3, -0.25) is 4.98 Å². The van der Waals surface area contributed by atoms with E-state index in [-0.39, 0.29) is 0 Å². The molecule has 53 valence electrons. The summed E-state index contributed by atoms with van der Waals surface area (Å²) in [4.78, 5) is 9.08. The van der Waals surface area contributed by atoms with E-state index in [9.17, 15) is 0 Å². The van der Waals surface area contributed by atoms with Crippen LogP contribution in [0, 0.1) is 5.51 Å². The first-order valence-corrected chi connectivity index (χ1v) is 4.02. The maximum Gasteiger partial charge on any atom is 0.152 e. The summed E-state index contributed by atoms with van der Waals surface area (Å²) in [6, 6.07) is 5.82. The maximum atomic E-state index is 4.17. The molecule has 2 rings (SSSR count). The van der Waals surface area contributed by atoms with Crippen molar-refractivity contribution in [1.82, 2.24) is 9.97 Å². The molecule has 0 aliphatic rings. The molecule has 0 aliphatic carbocycles. The van der Waals surface area contributed by atoms with Crippen LogP contribution < -0.4 is 0 Å². The Morgan fingerprint density at radius 2 is 2.36 bits per heavy atom. The first kappa shape index (κ1) is 6.49. The average molecular weight is 161 g/mol. The van der Waals surface area contributed by atoms with Crippen molar-refractivity contribution in [1.29, 1.82) is 0 Å². The fourth-order valence-electron chi connectivity index (χ4n) is 0.814. The number of hydrogen-bond acceptors (Lipinski definition) is 3. The van der Waals surface area contributed by atoms with Crippen molar-refractivity contribution in [3.05, 3.63) is 36.1 Å². The van der Waals surface area contributed by atoms with E-state index < -0.39 is 0 Å². The van der Waals surface area contributed by atoms with Gasteiger partial charge in [-0.1, -0.05) is 6.07 Å². The average Bonchev–Trinajstić information content (AvgIpc) is 2.58. The topological polar surface area (TPSA) is 25.8 Å². The first-order valence-electron chi connectivity index (χ1n) is 3.20. The molecule has 0 aliphatic heterocycles. The molecule has 3 heteroatoms. The highest BCUT2D eigenvalue weighted by atomic mass is 32.1. The maximum absolute atomic E-state index is 4.17. The second-order valence-electron chi connectivity index (χ2n) is 2.03. The fraction of sp³-hybridized carbons (Fsp3) is 0. The van der Waals surface area contributed by atoms with Gasteiger partial charge in [-0.2, -0.15) is 0 Å². The molecule has 0 amide bonds. The van der Waals surface area contributed by atoms with Crippen molar-refractivity contribution in [2.75, 3.05) is 0 Å². The van der Waals surface area contributed by atoms with Gasteiger partial charge < -0.3 is 0 Å². The molecule has 0 fully saturated rings. The van der Waals surface area contributed by atoms with E-state index in [0.717, 1.165) is 10.6 Å². The van der Waals surface area contributed by atoms with Gasteiger partial charge in [-0.25, -0.2) is 4.98 Å². The lowest BCUT2D eigenvalue weighted by Crippen LogP contribution is -1.75. The van der Waals surface area contributed by atoms with E-state index in [0.29, 0.717) is 0 Å². The molecule has 0 atom stereocenters. The molecule has 2 aromatic rings. The Labute approximate surface area is 68.6 Å². The molecule has 0 spiro atoms. The zero-order valence-electron chi connectivity index (χ0n) is 5.69. The molecular formula is C8H5N2S. The fourth-order valence-corrected chi connectivity index (χ4v) is 1.35. The molecule has 0 unspecified atom stereocenters. The van der Waals surface area contributed by atoms with E-state index in [4.69, 9.17) is 0 Å². The highest BCUT2D eigenvalue weighted by molar-refractivity contribution is 7.12. The molecule has 0 saturated carbocycles. The van der Waals surface area contributed by atoms with Crippen LogP contribution in [-0.4, -0.2) is 9.97 Å². The minimum atomic E-state index is 0.964. The minimum absolute atomic E-state index is 0.964. The summed E-state index contributed by atoms with van der Waals surface area (Å²) in [6.07, 6.45) is 3.54. The quantitative estimate of drug-likeness (QED) is 0.639. The molecule has 2 nitrogen and oxygen atoms in total. The highest BCUT2D eigenvalue weighted by Gasteiger charge is 1.97. The standard InChI is InChI=1S/C8H5N2S/c1-2-4-10-7(3-1)8-5-9-6-11-8/h1-5H. The normalized spacial score (nSPS) is 9.82. The van der Waals surface area contributed by atoms with Crippen LogP contribution in [0.15, 0.2) is 30.6 Å². The largest absolute Gasteiger partial charge is 0.255 e. The van der Waals surface area contributed by atoms with Gasteiger partial charge in [-0.15, -0.1) is 11.3 Å². The lowest BCUT2D eigenvalue weighted by Gasteiger charge is -1.90. The third-order valence-corrected chi connectivity index (χ3v) is 2.04. The zero-order chi connectivity index (χ0) is 7.52. The van der Waals surface area contributed by atoms with Crippen molar-refractivity contribution in [3.63, 3.8) is 0 Å². The molecule has 2 aromatic heterocycles. The van der Waals surface area contributed by atoms with Gasteiger partial charge in [0, 0.05) is 12.4 Å². The summed E-state index contributed by atoms with van der Waals surface area (Å²) in [5, 5.41) is 0. The second kappa shape index (κ2) is 2.80. The van der Waals surface area contributed by atoms with Gasteiger partial charge >= 0.3 is 0 Å². The van der Waals surface area contributed by atoms with Crippen molar-refractivity contribution in [3.8, 4) is 10.6 Å². The predicted molar refractivity (Wildman–Crippen MR) is 44.2 cm³/mol. The molecule has 0 aromatic carbocycles. The summed E-state index contributed by atoms with van der Waals surface area (Å²) < 4.78 is 0. The monoisotopic (exact) mass is 161 g/mol. The van der Waals surface area contributed by atoms with Gasteiger partial charge in [0.1, 0.15) is 0 Å². The van der Waals surface area contributed by atoms with Crippen LogP contribution >= 0.6 is 11.3 Å². The van der Waals surface area contributed by atoms with E-state index in [1.807, 2.05) is 18.2 Å². The Bertz CT molecular complexity index is 315. The Morgan fingerprint density at radius 3 is 3.00 bits per heavy atom. The van der Waals surface area contributed by atoms with Gasteiger partial charge in [0.25, 0.3) is 0 Å². The molecule has 1 radical (unpaired) electrons. The Hall–Kier alpha value is -1.22.